The van der Waals surface area contributed by atoms with Gasteiger partial charge in [0.15, 0.2) is 0 Å². The van der Waals surface area contributed by atoms with Crippen molar-refractivity contribution in [2.45, 2.75) is 0 Å². The third-order valence-electron chi connectivity index (χ3n) is 1.62. The molecule has 1 aromatic carbocycles. The molecule has 1 amide bonds. The summed E-state index contributed by atoms with van der Waals surface area (Å²) in [7, 11) is 1.64. The van der Waals surface area contributed by atoms with Crippen LogP contribution in [-0.2, 0) is 0 Å². The van der Waals surface area contributed by atoms with Crippen molar-refractivity contribution < 1.29 is 4.79 Å². The van der Waals surface area contributed by atoms with Crippen LogP contribution in [0.3, 0.4) is 0 Å². The lowest BCUT2D eigenvalue weighted by molar-refractivity contribution is 0.0818. The summed E-state index contributed by atoms with van der Waals surface area (Å²) in [5.41, 5.74) is 0.590. The molecule has 0 aliphatic carbocycles. The maximum atomic E-state index is 11.5. The van der Waals surface area contributed by atoms with Crippen LogP contribution in [0.1, 0.15) is 10.4 Å². The van der Waals surface area contributed by atoms with Crippen molar-refractivity contribution >= 4 is 29.1 Å². The van der Waals surface area contributed by atoms with Crippen molar-refractivity contribution in [3.63, 3.8) is 0 Å². The maximum absolute atomic E-state index is 11.5. The standard InChI is InChI=1S/C9H9Cl2NO/c1-12(6-10)9(13)7-2-4-8(11)5-3-7/h2-5H,6H2,1H3. The highest BCUT2D eigenvalue weighted by molar-refractivity contribution is 6.30. The molecule has 1 aromatic rings. The van der Waals surface area contributed by atoms with E-state index < -0.39 is 0 Å². The number of amides is 1. The number of carbonyl (C=O) groups excluding carboxylic acids is 1. The van der Waals surface area contributed by atoms with Gasteiger partial charge in [0.1, 0.15) is 0 Å². The average Bonchev–Trinajstić information content (AvgIpc) is 2.17. The zero-order chi connectivity index (χ0) is 9.84. The summed E-state index contributed by atoms with van der Waals surface area (Å²) in [4.78, 5) is 12.9. The minimum Gasteiger partial charge on any atom is -0.328 e. The molecule has 0 N–H and O–H groups in total. The van der Waals surface area contributed by atoms with E-state index in [4.69, 9.17) is 23.2 Å². The topological polar surface area (TPSA) is 20.3 Å². The summed E-state index contributed by atoms with van der Waals surface area (Å²) < 4.78 is 0. The molecule has 0 radical (unpaired) electrons. The van der Waals surface area contributed by atoms with Gasteiger partial charge < -0.3 is 4.90 Å². The number of nitrogens with zero attached hydrogens (tertiary/aromatic N) is 1. The van der Waals surface area contributed by atoms with E-state index >= 15 is 0 Å². The average molecular weight is 218 g/mol. The lowest BCUT2D eigenvalue weighted by Crippen LogP contribution is -2.24. The molecule has 0 aliphatic heterocycles. The van der Waals surface area contributed by atoms with Gasteiger partial charge in [0.2, 0.25) is 0 Å². The van der Waals surface area contributed by atoms with Gasteiger partial charge in [-0.2, -0.15) is 0 Å². The van der Waals surface area contributed by atoms with E-state index in [9.17, 15) is 4.79 Å². The van der Waals surface area contributed by atoms with E-state index in [1.165, 1.54) is 4.90 Å². The Bertz CT molecular complexity index is 297. The van der Waals surface area contributed by atoms with Crippen LogP contribution in [0.15, 0.2) is 24.3 Å². The summed E-state index contributed by atoms with van der Waals surface area (Å²) >= 11 is 11.2. The van der Waals surface area contributed by atoms with Crippen LogP contribution < -0.4 is 0 Å². The van der Waals surface area contributed by atoms with Gasteiger partial charge in [0.05, 0.1) is 6.00 Å². The highest BCUT2D eigenvalue weighted by atomic mass is 35.5. The second-order valence-corrected chi connectivity index (χ2v) is 3.30. The Morgan fingerprint density at radius 1 is 1.38 bits per heavy atom. The molecule has 0 spiro atoms. The Morgan fingerprint density at radius 2 is 1.92 bits per heavy atom. The van der Waals surface area contributed by atoms with E-state index in [0.29, 0.717) is 10.6 Å². The number of benzene rings is 1. The highest BCUT2D eigenvalue weighted by Crippen LogP contribution is 2.11. The fourth-order valence-corrected chi connectivity index (χ4v) is 1.10. The predicted octanol–water partition coefficient (Wildman–Crippen LogP) is 2.61. The summed E-state index contributed by atoms with van der Waals surface area (Å²) in [6.45, 7) is 0. The van der Waals surface area contributed by atoms with Gasteiger partial charge in [-0.1, -0.05) is 11.6 Å². The van der Waals surface area contributed by atoms with Crippen LogP contribution in [0.2, 0.25) is 5.02 Å². The second kappa shape index (κ2) is 4.49. The summed E-state index contributed by atoms with van der Waals surface area (Å²) in [5, 5.41) is 0.616. The van der Waals surface area contributed by atoms with E-state index in [2.05, 4.69) is 0 Å². The number of hydrogen-bond donors (Lipinski definition) is 0. The molecular formula is C9H9Cl2NO. The number of halogens is 2. The lowest BCUT2D eigenvalue weighted by atomic mass is 10.2. The van der Waals surface area contributed by atoms with E-state index in [0.717, 1.165) is 0 Å². The van der Waals surface area contributed by atoms with Crippen LogP contribution in [0.4, 0.5) is 0 Å². The quantitative estimate of drug-likeness (QED) is 0.551. The van der Waals surface area contributed by atoms with Crippen molar-refractivity contribution in [1.82, 2.24) is 4.90 Å². The lowest BCUT2D eigenvalue weighted by Gasteiger charge is -2.12. The van der Waals surface area contributed by atoms with Gasteiger partial charge in [-0.05, 0) is 24.3 Å². The highest BCUT2D eigenvalue weighted by Gasteiger charge is 2.09. The molecule has 4 heteroatoms. The van der Waals surface area contributed by atoms with E-state index in [1.54, 1.807) is 31.3 Å². The first-order valence-electron chi connectivity index (χ1n) is 3.72. The first-order valence-corrected chi connectivity index (χ1v) is 4.63. The van der Waals surface area contributed by atoms with Gasteiger partial charge in [-0.3, -0.25) is 4.79 Å². The Hall–Kier alpha value is -0.730. The third kappa shape index (κ3) is 2.61. The third-order valence-corrected chi connectivity index (χ3v) is 2.23. The van der Waals surface area contributed by atoms with Gasteiger partial charge in [0, 0.05) is 17.6 Å². The molecule has 0 saturated carbocycles. The number of hydrogen-bond acceptors (Lipinski definition) is 1. The van der Waals surface area contributed by atoms with Crippen LogP contribution in [0.5, 0.6) is 0 Å². The normalized spacial score (nSPS) is 9.77. The first kappa shape index (κ1) is 10.4. The summed E-state index contributed by atoms with van der Waals surface area (Å²) in [6.07, 6.45) is 0. The zero-order valence-corrected chi connectivity index (χ0v) is 8.64. The molecule has 0 aromatic heterocycles. The van der Waals surface area contributed by atoms with Crippen molar-refractivity contribution in [1.29, 1.82) is 0 Å². The first-order chi connectivity index (χ1) is 6.15. The molecule has 0 unspecified atom stereocenters. The molecule has 1 rings (SSSR count). The molecule has 0 bridgehead atoms. The minimum atomic E-state index is -0.105. The van der Waals surface area contributed by atoms with Crippen molar-refractivity contribution in [2.75, 3.05) is 13.1 Å². The number of alkyl halides is 1. The largest absolute Gasteiger partial charge is 0.328 e. The SMILES string of the molecule is CN(CCl)C(=O)c1ccc(Cl)cc1. The molecule has 13 heavy (non-hydrogen) atoms. The molecule has 70 valence electrons. The zero-order valence-electron chi connectivity index (χ0n) is 7.13. The summed E-state index contributed by atoms with van der Waals surface area (Å²) in [6, 6.07) is 6.89. The van der Waals surface area contributed by atoms with E-state index in [1.807, 2.05) is 0 Å². The molecule has 0 fully saturated rings. The summed E-state index contributed by atoms with van der Waals surface area (Å²) in [5.74, 6) is -0.105. The number of rotatable bonds is 2. The Morgan fingerprint density at radius 3 is 2.38 bits per heavy atom. The van der Waals surface area contributed by atoms with Crippen molar-refractivity contribution in [3.8, 4) is 0 Å². The molecule has 0 saturated heterocycles. The monoisotopic (exact) mass is 217 g/mol. The molecule has 0 aliphatic rings. The fraction of sp³-hybridized carbons (Fsp3) is 0.222. The van der Waals surface area contributed by atoms with Crippen LogP contribution in [-0.4, -0.2) is 23.9 Å². The van der Waals surface area contributed by atoms with E-state index in [-0.39, 0.29) is 11.9 Å². The molecule has 2 nitrogen and oxygen atoms in total. The van der Waals surface area contributed by atoms with Gasteiger partial charge in [-0.25, -0.2) is 0 Å². The van der Waals surface area contributed by atoms with Crippen LogP contribution >= 0.6 is 23.2 Å². The van der Waals surface area contributed by atoms with Crippen LogP contribution in [0, 0.1) is 0 Å². The second-order valence-electron chi connectivity index (χ2n) is 2.63. The Kier molecular flexibility index (Phi) is 3.58. The van der Waals surface area contributed by atoms with Crippen molar-refractivity contribution in [2.24, 2.45) is 0 Å². The Labute approximate surface area is 87.1 Å². The number of carbonyl (C=O) groups is 1. The van der Waals surface area contributed by atoms with Crippen LogP contribution in [0.25, 0.3) is 0 Å². The maximum Gasteiger partial charge on any atom is 0.254 e. The van der Waals surface area contributed by atoms with Gasteiger partial charge in [-0.15, -0.1) is 11.6 Å². The van der Waals surface area contributed by atoms with Gasteiger partial charge >= 0.3 is 0 Å². The predicted molar refractivity (Wildman–Crippen MR) is 54.3 cm³/mol. The molecular weight excluding hydrogens is 209 g/mol. The minimum absolute atomic E-state index is 0.105. The molecule has 0 heterocycles. The van der Waals surface area contributed by atoms with Gasteiger partial charge in [0.25, 0.3) is 5.91 Å². The Balaban J connectivity index is 2.83. The van der Waals surface area contributed by atoms with Crippen molar-refractivity contribution in [3.05, 3.63) is 34.9 Å². The molecule has 0 atom stereocenters. The smallest absolute Gasteiger partial charge is 0.254 e. The fourth-order valence-electron chi connectivity index (χ4n) is 0.867.